The predicted octanol–water partition coefficient (Wildman–Crippen LogP) is 3.41. The number of amides is 1. The van der Waals surface area contributed by atoms with E-state index in [1.54, 1.807) is 54.6 Å². The first-order chi connectivity index (χ1) is 14.9. The zero-order chi connectivity index (χ0) is 22.1. The average molecular weight is 418 g/mol. The first-order valence-corrected chi connectivity index (χ1v) is 9.39. The Morgan fingerprint density at radius 1 is 1.10 bits per heavy atom. The molecule has 0 saturated heterocycles. The molecule has 31 heavy (non-hydrogen) atoms. The van der Waals surface area contributed by atoms with Crippen molar-refractivity contribution in [1.29, 1.82) is 0 Å². The van der Waals surface area contributed by atoms with Crippen LogP contribution in [0, 0.1) is 0 Å². The van der Waals surface area contributed by atoms with E-state index < -0.39 is 29.3 Å². The lowest BCUT2D eigenvalue weighted by molar-refractivity contribution is -0.133. The van der Waals surface area contributed by atoms with Crippen LogP contribution in [0.25, 0.3) is 11.3 Å². The lowest BCUT2D eigenvalue weighted by Crippen LogP contribution is -2.31. The number of carbonyl (C=O) groups excluding carboxylic acids is 3. The highest BCUT2D eigenvalue weighted by Gasteiger charge is 2.46. The lowest BCUT2D eigenvalue weighted by atomic mass is 9.93. The van der Waals surface area contributed by atoms with Gasteiger partial charge in [-0.1, -0.05) is 35.5 Å². The molecule has 2 aromatic carbocycles. The summed E-state index contributed by atoms with van der Waals surface area (Å²) in [6, 6.07) is 14.3. The van der Waals surface area contributed by atoms with Gasteiger partial charge in [0.1, 0.15) is 17.7 Å². The Morgan fingerprint density at radius 2 is 1.81 bits per heavy atom. The number of Topliss-reactive ketones (excluding diaryl/α,β-unsaturated/α-hetero) is 2. The summed E-state index contributed by atoms with van der Waals surface area (Å²) in [7, 11) is 1.46. The van der Waals surface area contributed by atoms with Crippen molar-refractivity contribution in [2.24, 2.45) is 0 Å². The molecule has 0 spiro atoms. The summed E-state index contributed by atoms with van der Waals surface area (Å²) >= 11 is 0. The fourth-order valence-corrected chi connectivity index (χ4v) is 3.63. The van der Waals surface area contributed by atoms with Crippen LogP contribution in [0.5, 0.6) is 5.75 Å². The van der Waals surface area contributed by atoms with Gasteiger partial charge in [-0.25, -0.2) is 0 Å². The lowest BCUT2D eigenvalue weighted by Gasteiger charge is -2.28. The molecule has 0 radical (unpaired) electrons. The van der Waals surface area contributed by atoms with Crippen LogP contribution in [0.15, 0.2) is 76.7 Å². The monoisotopic (exact) mass is 418 g/mol. The average Bonchev–Trinajstić information content (AvgIpc) is 3.41. The first kappa shape index (κ1) is 20.1. The second kappa shape index (κ2) is 7.91. The highest BCUT2D eigenvalue weighted by Crippen LogP contribution is 2.44. The number of anilines is 1. The maximum atomic E-state index is 13.0. The number of benzene rings is 2. The van der Waals surface area contributed by atoms with Crippen LogP contribution in [-0.4, -0.2) is 34.8 Å². The van der Waals surface area contributed by atoms with E-state index >= 15 is 0 Å². The van der Waals surface area contributed by atoms with Crippen LogP contribution in [0.1, 0.15) is 18.5 Å². The topological polar surface area (TPSA) is 110 Å². The summed E-state index contributed by atoms with van der Waals surface area (Å²) in [4.78, 5) is 38.8. The number of aliphatic hydroxyl groups is 1. The number of hydrogen-bond acceptors (Lipinski definition) is 7. The normalized spacial score (nSPS) is 16.0. The molecule has 1 unspecified atom stereocenters. The minimum atomic E-state index is -1.03. The van der Waals surface area contributed by atoms with E-state index in [0.29, 0.717) is 22.7 Å². The van der Waals surface area contributed by atoms with Crippen LogP contribution in [0.4, 0.5) is 5.69 Å². The van der Waals surface area contributed by atoms with Gasteiger partial charge < -0.3 is 14.4 Å². The van der Waals surface area contributed by atoms with Crippen molar-refractivity contribution in [3.05, 3.63) is 77.8 Å². The van der Waals surface area contributed by atoms with Gasteiger partial charge in [-0.05, 0) is 18.2 Å². The molecule has 1 atom stereocenters. The van der Waals surface area contributed by atoms with Crippen LogP contribution >= 0.6 is 0 Å². The zero-order valence-corrected chi connectivity index (χ0v) is 16.7. The van der Waals surface area contributed by atoms with E-state index in [9.17, 15) is 19.5 Å². The Bertz CT molecular complexity index is 1200. The maximum absolute atomic E-state index is 13.0. The molecule has 0 saturated carbocycles. The molecule has 8 nitrogen and oxygen atoms in total. The third-order valence-electron chi connectivity index (χ3n) is 5.09. The molecule has 0 bridgehead atoms. The number of aliphatic hydroxyl groups excluding tert-OH is 1. The van der Waals surface area contributed by atoms with Crippen molar-refractivity contribution in [2.75, 3.05) is 12.0 Å². The molecule has 1 aliphatic rings. The summed E-state index contributed by atoms with van der Waals surface area (Å²) in [5, 5.41) is 14.4. The summed E-state index contributed by atoms with van der Waals surface area (Å²) in [6.07, 6.45) is 1.45. The van der Waals surface area contributed by atoms with Gasteiger partial charge in [0.2, 0.25) is 5.78 Å². The first-order valence-electron chi connectivity index (χ1n) is 9.39. The molecule has 1 N–H and O–H groups in total. The van der Waals surface area contributed by atoms with Gasteiger partial charge in [-0.3, -0.25) is 19.3 Å². The SMILES string of the molecule is COc1ccccc1C1C(C(=O)C(C)=O)=C(O)C(=O)N1c1ccc(-c2ccon2)cc1. The van der Waals surface area contributed by atoms with Crippen molar-refractivity contribution < 1.29 is 28.8 Å². The molecule has 1 amide bonds. The molecule has 4 rings (SSSR count). The summed E-state index contributed by atoms with van der Waals surface area (Å²) in [5.74, 6) is -2.83. The zero-order valence-electron chi connectivity index (χ0n) is 16.7. The molecular formula is C23H18N2O6. The van der Waals surface area contributed by atoms with Gasteiger partial charge >= 0.3 is 0 Å². The standard InChI is InChI=1S/C23H18N2O6/c1-13(26)21(27)19-20(16-5-3-4-6-18(16)30-2)25(23(29)22(19)28)15-9-7-14(8-10-15)17-11-12-31-24-17/h3-12,20,28H,1-2H3. The number of rotatable bonds is 6. The van der Waals surface area contributed by atoms with Crippen molar-refractivity contribution >= 4 is 23.2 Å². The Balaban J connectivity index is 1.85. The van der Waals surface area contributed by atoms with Crippen LogP contribution in [0.2, 0.25) is 0 Å². The van der Waals surface area contributed by atoms with E-state index in [0.717, 1.165) is 12.5 Å². The molecule has 0 aliphatic carbocycles. The summed E-state index contributed by atoms with van der Waals surface area (Å²) in [5.41, 5.74) is 1.99. The number of ketones is 2. The van der Waals surface area contributed by atoms with Crippen molar-refractivity contribution in [1.82, 2.24) is 5.16 Å². The van der Waals surface area contributed by atoms with Gasteiger partial charge in [-0.2, -0.15) is 0 Å². The van der Waals surface area contributed by atoms with E-state index in [2.05, 4.69) is 5.16 Å². The Hall–Kier alpha value is -4.20. The number of aromatic nitrogens is 1. The van der Waals surface area contributed by atoms with Crippen molar-refractivity contribution in [2.45, 2.75) is 13.0 Å². The molecular weight excluding hydrogens is 400 g/mol. The minimum Gasteiger partial charge on any atom is -0.503 e. The summed E-state index contributed by atoms with van der Waals surface area (Å²) < 4.78 is 10.3. The second-order valence-corrected chi connectivity index (χ2v) is 6.90. The Kier molecular flexibility index (Phi) is 5.12. The van der Waals surface area contributed by atoms with E-state index in [4.69, 9.17) is 9.26 Å². The minimum absolute atomic E-state index is 0.275. The quantitative estimate of drug-likeness (QED) is 0.611. The molecule has 2 heterocycles. The Morgan fingerprint density at radius 3 is 2.42 bits per heavy atom. The predicted molar refractivity (Wildman–Crippen MR) is 111 cm³/mol. The van der Waals surface area contributed by atoms with Gasteiger partial charge in [0.25, 0.3) is 5.91 Å². The van der Waals surface area contributed by atoms with E-state index in [1.165, 1.54) is 18.3 Å². The number of carbonyl (C=O) groups is 3. The van der Waals surface area contributed by atoms with E-state index in [1.807, 2.05) is 0 Å². The number of ether oxygens (including phenoxy) is 1. The smallest absolute Gasteiger partial charge is 0.294 e. The second-order valence-electron chi connectivity index (χ2n) is 6.90. The molecule has 0 fully saturated rings. The van der Waals surface area contributed by atoms with Gasteiger partial charge in [0.15, 0.2) is 11.5 Å². The maximum Gasteiger partial charge on any atom is 0.294 e. The van der Waals surface area contributed by atoms with E-state index in [-0.39, 0.29) is 5.57 Å². The van der Waals surface area contributed by atoms with Crippen LogP contribution < -0.4 is 9.64 Å². The van der Waals surface area contributed by atoms with Crippen molar-refractivity contribution in [3.8, 4) is 17.0 Å². The van der Waals surface area contributed by atoms with Crippen LogP contribution in [0.3, 0.4) is 0 Å². The highest BCUT2D eigenvalue weighted by molar-refractivity contribution is 6.45. The number of hydrogen-bond donors (Lipinski definition) is 1. The Labute approximate surface area is 177 Å². The van der Waals surface area contributed by atoms with Crippen molar-refractivity contribution in [3.63, 3.8) is 0 Å². The third-order valence-corrected chi connectivity index (χ3v) is 5.09. The fourth-order valence-electron chi connectivity index (χ4n) is 3.63. The highest BCUT2D eigenvalue weighted by atomic mass is 16.5. The largest absolute Gasteiger partial charge is 0.503 e. The third kappa shape index (κ3) is 3.38. The fraction of sp³-hybridized carbons (Fsp3) is 0.130. The molecule has 1 aliphatic heterocycles. The van der Waals surface area contributed by atoms with Gasteiger partial charge in [-0.15, -0.1) is 0 Å². The number of nitrogens with zero attached hydrogens (tertiary/aromatic N) is 2. The molecule has 3 aromatic rings. The number of para-hydroxylation sites is 1. The van der Waals surface area contributed by atoms with Crippen LogP contribution in [-0.2, 0) is 14.4 Å². The summed E-state index contributed by atoms with van der Waals surface area (Å²) in [6.45, 7) is 1.10. The molecule has 8 heteroatoms. The molecule has 1 aromatic heterocycles. The number of methoxy groups -OCH3 is 1. The van der Waals surface area contributed by atoms with Gasteiger partial charge in [0, 0.05) is 29.8 Å². The van der Waals surface area contributed by atoms with Gasteiger partial charge in [0.05, 0.1) is 18.7 Å². The molecule has 156 valence electrons.